The Kier molecular flexibility index (Phi) is 9.96. The highest BCUT2D eigenvalue weighted by atomic mass is 31.2. The first kappa shape index (κ1) is 37.2. The number of carbonyl (C=O) groups excluding carboxylic acids is 1. The van der Waals surface area contributed by atoms with E-state index in [1.54, 1.807) is 62.3 Å². The number of hydrogen-bond donors (Lipinski definition) is 0. The van der Waals surface area contributed by atoms with E-state index >= 15 is 17.6 Å². The van der Waals surface area contributed by atoms with Crippen LogP contribution in [0.15, 0.2) is 0 Å². The molecule has 1 aliphatic rings. The van der Waals surface area contributed by atoms with Crippen LogP contribution in [0, 0.1) is 58.2 Å². The molecule has 0 bridgehead atoms. The minimum absolute atomic E-state index is 0.175. The highest BCUT2D eigenvalue weighted by Gasteiger charge is 2.72. The fraction of sp³-hybridized carbons (Fsp3) is 0.581. The summed E-state index contributed by atoms with van der Waals surface area (Å²) in [6.07, 6.45) is -4.41. The van der Waals surface area contributed by atoms with Crippen LogP contribution < -0.4 is 10.9 Å². The summed E-state index contributed by atoms with van der Waals surface area (Å²) in [7, 11) is -3.51. The molecule has 0 unspecified atom stereocenters. The monoisotopic (exact) mass is 674 g/mol. The quantitative estimate of drug-likeness (QED) is 0.104. The van der Waals surface area contributed by atoms with Gasteiger partial charge in [0.25, 0.3) is 0 Å². The van der Waals surface area contributed by atoms with E-state index in [2.05, 4.69) is 0 Å². The van der Waals surface area contributed by atoms with Gasteiger partial charge in [-0.05, 0) is 62.3 Å². The molecule has 252 valence electrons. The molecular formula is C31H38BF10O2P. The molecule has 1 saturated carbocycles. The van der Waals surface area contributed by atoms with Crippen molar-refractivity contribution in [3.8, 4) is 0 Å². The highest BCUT2D eigenvalue weighted by molar-refractivity contribution is 7.94. The number of rotatable bonds is 5. The van der Waals surface area contributed by atoms with Gasteiger partial charge >= 0.3 is 5.71 Å². The van der Waals surface area contributed by atoms with Crippen molar-refractivity contribution in [3.63, 3.8) is 0 Å². The molecule has 0 heterocycles. The predicted molar refractivity (Wildman–Crippen MR) is 157 cm³/mol. The van der Waals surface area contributed by atoms with Crippen LogP contribution in [-0.2, 0) is 4.65 Å². The Morgan fingerprint density at radius 3 is 1.07 bits per heavy atom. The van der Waals surface area contributed by atoms with Gasteiger partial charge in [-0.15, -0.1) is 5.82 Å². The molecule has 0 N–H and O–H groups in total. The van der Waals surface area contributed by atoms with Crippen LogP contribution in [0.5, 0.6) is 0 Å². The van der Waals surface area contributed by atoms with Crippen molar-refractivity contribution in [1.82, 2.24) is 0 Å². The molecule has 1 aliphatic carbocycles. The topological polar surface area (TPSA) is 26.3 Å². The van der Waals surface area contributed by atoms with E-state index in [4.69, 9.17) is 4.65 Å². The third kappa shape index (κ3) is 5.46. The Morgan fingerprint density at radius 2 is 0.800 bits per heavy atom. The number of halogens is 10. The smallest absolute Gasteiger partial charge is 0.405 e. The molecule has 0 radical (unpaired) electrons. The average molecular weight is 674 g/mol. The van der Waals surface area contributed by atoms with E-state index in [1.165, 1.54) is 0 Å². The minimum atomic E-state index is -4.73. The summed E-state index contributed by atoms with van der Waals surface area (Å²) in [5.74, 6) is -27.4. The van der Waals surface area contributed by atoms with Crippen molar-refractivity contribution in [2.45, 2.75) is 116 Å². The van der Waals surface area contributed by atoms with Crippen LogP contribution in [0.25, 0.3) is 0 Å². The highest BCUT2D eigenvalue weighted by Crippen LogP contribution is 2.84. The van der Waals surface area contributed by atoms with Gasteiger partial charge in [0.1, 0.15) is 30.5 Å². The Bertz CT molecular complexity index is 1340. The lowest BCUT2D eigenvalue weighted by Crippen LogP contribution is -2.70. The normalized spacial score (nSPS) is 15.9. The molecule has 0 aromatic heterocycles. The third-order valence-corrected chi connectivity index (χ3v) is 15.9. The van der Waals surface area contributed by atoms with E-state index in [1.807, 2.05) is 0 Å². The van der Waals surface area contributed by atoms with Gasteiger partial charge in [-0.3, -0.25) is 0 Å². The van der Waals surface area contributed by atoms with Gasteiger partial charge in [0.05, 0.1) is 15.5 Å². The van der Waals surface area contributed by atoms with Gasteiger partial charge in [-0.1, -0.05) is 43.0 Å². The van der Waals surface area contributed by atoms with E-state index in [0.29, 0.717) is 6.42 Å². The van der Waals surface area contributed by atoms with Crippen molar-refractivity contribution in [3.05, 3.63) is 58.2 Å². The number of carbonyl (C=O) groups is 1. The van der Waals surface area contributed by atoms with Crippen molar-refractivity contribution in [2.75, 3.05) is 0 Å². The molecule has 0 atom stereocenters. The first-order chi connectivity index (χ1) is 20.3. The summed E-state index contributed by atoms with van der Waals surface area (Å²) >= 11 is 0. The van der Waals surface area contributed by atoms with Gasteiger partial charge in [0.15, 0.2) is 34.9 Å². The first-order valence-electron chi connectivity index (χ1n) is 14.7. The van der Waals surface area contributed by atoms with Gasteiger partial charge in [0, 0.05) is 0 Å². The second kappa shape index (κ2) is 12.1. The third-order valence-electron chi connectivity index (χ3n) is 9.24. The lowest BCUT2D eigenvalue weighted by molar-refractivity contribution is 0.219. The molecule has 2 aromatic carbocycles. The van der Waals surface area contributed by atoms with Crippen LogP contribution in [0.2, 0.25) is 5.82 Å². The number of benzene rings is 2. The Morgan fingerprint density at radius 1 is 0.533 bits per heavy atom. The maximum Gasteiger partial charge on any atom is 0.405 e. The summed E-state index contributed by atoms with van der Waals surface area (Å²) in [6, 6.07) is 0. The van der Waals surface area contributed by atoms with Crippen LogP contribution in [0.3, 0.4) is 0 Å². The average Bonchev–Trinajstić information content (AvgIpc) is 2.91. The molecular weight excluding hydrogens is 636 g/mol. The van der Waals surface area contributed by atoms with Gasteiger partial charge in [0.2, 0.25) is 6.35 Å². The molecule has 1 fully saturated rings. The summed E-state index contributed by atoms with van der Waals surface area (Å²) in [6.45, 7) is 15.0. The Hall–Kier alpha value is -2.30. The lowest BCUT2D eigenvalue weighted by atomic mass is 9.23. The van der Waals surface area contributed by atoms with Gasteiger partial charge in [-0.2, -0.15) is 0 Å². The Labute approximate surface area is 257 Å². The SMILES string of the molecule is CC(C)(C)[P+](C(=O)O[B-](c1c(F)c(F)c(F)c(F)c1F)(c1c(F)c(F)c(F)c(F)c1F)C1CCCCC1)(C(C)(C)C)C(C)(C)C. The van der Waals surface area contributed by atoms with Gasteiger partial charge in [-0.25, -0.2) is 48.7 Å². The molecule has 0 aliphatic heterocycles. The van der Waals surface area contributed by atoms with Crippen molar-refractivity contribution >= 4 is 30.2 Å². The summed E-state index contributed by atoms with van der Waals surface area (Å²) in [5, 5.41) is -3.08. The van der Waals surface area contributed by atoms with Crippen molar-refractivity contribution in [1.29, 1.82) is 0 Å². The molecule has 45 heavy (non-hydrogen) atoms. The van der Waals surface area contributed by atoms with E-state index in [-0.39, 0.29) is 25.7 Å². The fourth-order valence-corrected chi connectivity index (χ4v) is 16.5. The molecule has 14 heteroatoms. The largest absolute Gasteiger partial charge is 0.650 e. The molecule has 0 saturated heterocycles. The molecule has 0 amide bonds. The van der Waals surface area contributed by atoms with Crippen molar-refractivity contribution < 1.29 is 53.4 Å². The fourth-order valence-electron chi connectivity index (χ4n) is 8.51. The van der Waals surface area contributed by atoms with Crippen LogP contribution in [0.4, 0.5) is 48.7 Å². The Balaban J connectivity index is 2.74. The zero-order valence-corrected chi connectivity index (χ0v) is 27.6. The lowest BCUT2D eigenvalue weighted by Gasteiger charge is -2.56. The van der Waals surface area contributed by atoms with Crippen LogP contribution in [0.1, 0.15) is 94.4 Å². The zero-order valence-electron chi connectivity index (χ0n) is 26.7. The van der Waals surface area contributed by atoms with Crippen molar-refractivity contribution in [2.24, 2.45) is 0 Å². The standard InChI is InChI=1S/C31H38BF10O2P/c1-29(2,3)45(30(4,5)6,31(7,8)9)28(43)44-32(15-13-11-10-12-14-15,16-18(33)22(37)26(41)23(38)19(16)34)17-20(35)24(39)27(42)25(40)21(17)36/h15H,10-14H2,1-9H3. The summed E-state index contributed by atoms with van der Waals surface area (Å²) < 4.78 is 158. The summed E-state index contributed by atoms with van der Waals surface area (Å²) in [5.41, 5.74) is -5.14. The maximum absolute atomic E-state index is 15.9. The molecule has 3 rings (SSSR count). The maximum atomic E-state index is 15.9. The van der Waals surface area contributed by atoms with Crippen LogP contribution in [-0.4, -0.2) is 27.5 Å². The molecule has 0 spiro atoms. The van der Waals surface area contributed by atoms with Crippen LogP contribution >= 0.6 is 7.26 Å². The van der Waals surface area contributed by atoms with E-state index < -0.39 is 110 Å². The first-order valence-corrected chi connectivity index (χ1v) is 16.4. The van der Waals surface area contributed by atoms with Gasteiger partial charge < -0.3 is 4.65 Å². The zero-order chi connectivity index (χ0) is 34.8. The van der Waals surface area contributed by atoms with E-state index in [0.717, 1.165) is 0 Å². The van der Waals surface area contributed by atoms with E-state index in [9.17, 15) is 31.1 Å². The second-order valence-electron chi connectivity index (χ2n) is 14.8. The molecule has 2 nitrogen and oxygen atoms in total. The predicted octanol–water partition coefficient (Wildman–Crippen LogP) is 10.0. The minimum Gasteiger partial charge on any atom is -0.650 e. The molecule has 2 aromatic rings. The summed E-state index contributed by atoms with van der Waals surface area (Å²) in [4.78, 5) is 15.0. The number of hydrogen-bond acceptors (Lipinski definition) is 2. The second-order valence-corrected chi connectivity index (χ2v) is 20.5.